The first-order valence-electron chi connectivity index (χ1n) is 10.7. The molecule has 0 atom stereocenters. The molecule has 0 saturated carbocycles. The average Bonchev–Trinajstić information content (AvgIpc) is 3.39. The van der Waals surface area contributed by atoms with E-state index in [0.717, 1.165) is 31.3 Å². The summed E-state index contributed by atoms with van der Waals surface area (Å²) in [6.45, 7) is 0. The van der Waals surface area contributed by atoms with E-state index in [1.54, 1.807) is 30.0 Å². The Kier molecular flexibility index (Phi) is 5.09. The lowest BCUT2D eigenvalue weighted by Crippen LogP contribution is -2.29. The molecule has 0 fully saturated rings. The van der Waals surface area contributed by atoms with Crippen LogP contribution in [0.1, 0.15) is 26.3 Å². The summed E-state index contributed by atoms with van der Waals surface area (Å²) in [5, 5.41) is 13.5. The summed E-state index contributed by atoms with van der Waals surface area (Å²) in [7, 11) is 0. The highest BCUT2D eigenvalue weighted by Crippen LogP contribution is 2.37. The Balaban J connectivity index is 1.27. The first-order valence-corrected chi connectivity index (χ1v) is 12.5. The van der Waals surface area contributed by atoms with Crippen LogP contribution in [0.15, 0.2) is 83.2 Å². The third kappa shape index (κ3) is 3.65. The molecule has 0 radical (unpaired) electrons. The number of nitro groups is 1. The maximum atomic E-state index is 13.0. The predicted molar refractivity (Wildman–Crippen MR) is 137 cm³/mol. The van der Waals surface area contributed by atoms with Gasteiger partial charge in [0.1, 0.15) is 0 Å². The Morgan fingerprint density at radius 3 is 2.57 bits per heavy atom. The summed E-state index contributed by atoms with van der Waals surface area (Å²) in [5.74, 6) is -0.289. The first-order chi connectivity index (χ1) is 17.0. The van der Waals surface area contributed by atoms with Gasteiger partial charge in [0.05, 0.1) is 32.0 Å². The molecule has 6 rings (SSSR count). The molecule has 2 amide bonds. The third-order valence-corrected chi connectivity index (χ3v) is 8.13. The molecule has 5 aromatic rings. The lowest BCUT2D eigenvalue weighted by molar-refractivity contribution is -0.384. The normalized spacial score (nSPS) is 13.1. The van der Waals surface area contributed by atoms with Crippen molar-refractivity contribution in [2.24, 2.45) is 0 Å². The van der Waals surface area contributed by atoms with Crippen molar-refractivity contribution in [3.05, 3.63) is 106 Å². The van der Waals surface area contributed by atoms with Gasteiger partial charge in [-0.15, -0.1) is 11.3 Å². The first kappa shape index (κ1) is 21.5. The molecule has 0 unspecified atom stereocenters. The zero-order valence-electron chi connectivity index (χ0n) is 18.0. The molecule has 9 heteroatoms. The topological polar surface area (TPSA) is 93.4 Å². The van der Waals surface area contributed by atoms with Crippen molar-refractivity contribution in [1.82, 2.24) is 4.98 Å². The Morgan fingerprint density at radius 1 is 0.914 bits per heavy atom. The predicted octanol–water partition coefficient (Wildman–Crippen LogP) is 6.45. The quantitative estimate of drug-likeness (QED) is 0.120. The van der Waals surface area contributed by atoms with Gasteiger partial charge in [-0.05, 0) is 40.6 Å². The van der Waals surface area contributed by atoms with Crippen LogP contribution in [0.3, 0.4) is 0 Å². The van der Waals surface area contributed by atoms with E-state index in [1.807, 2.05) is 12.1 Å². The van der Waals surface area contributed by atoms with Gasteiger partial charge in [-0.3, -0.25) is 19.7 Å². The maximum Gasteiger partial charge on any atom is 0.270 e. The van der Waals surface area contributed by atoms with Gasteiger partial charge in [0.15, 0.2) is 4.34 Å². The maximum absolute atomic E-state index is 13.0. The molecule has 2 heterocycles. The number of nitrogens with zero attached hydrogens (tertiary/aromatic N) is 3. The van der Waals surface area contributed by atoms with E-state index in [0.29, 0.717) is 5.69 Å². The number of nitro benzene ring substituents is 1. The number of fused-ring (bicyclic) bond motifs is 3. The highest BCUT2D eigenvalue weighted by molar-refractivity contribution is 8.00. The van der Waals surface area contributed by atoms with Crippen molar-refractivity contribution in [2.45, 2.75) is 10.1 Å². The second-order valence-electron chi connectivity index (χ2n) is 7.99. The Morgan fingerprint density at radius 2 is 1.71 bits per heavy atom. The van der Waals surface area contributed by atoms with Crippen molar-refractivity contribution in [1.29, 1.82) is 0 Å². The molecule has 35 heavy (non-hydrogen) atoms. The number of aromatic nitrogens is 1. The molecule has 1 aliphatic heterocycles. The molecular weight excluding hydrogens is 482 g/mol. The minimum Gasteiger partial charge on any atom is -0.268 e. The van der Waals surface area contributed by atoms with Crippen molar-refractivity contribution in [2.75, 3.05) is 4.90 Å². The van der Waals surface area contributed by atoms with Gasteiger partial charge in [0.2, 0.25) is 0 Å². The molecular formula is C26H15N3O4S2. The molecule has 0 spiro atoms. The summed E-state index contributed by atoms with van der Waals surface area (Å²) in [6, 6.07) is 23.5. The minimum absolute atomic E-state index is 0.0416. The van der Waals surface area contributed by atoms with Crippen LogP contribution in [0.25, 0.3) is 21.0 Å². The summed E-state index contributed by atoms with van der Waals surface area (Å²) >= 11 is 3.14. The molecule has 0 saturated heterocycles. The lowest BCUT2D eigenvalue weighted by Gasteiger charge is -2.13. The second kappa shape index (κ2) is 8.30. The number of carbonyl (C=O) groups is 2. The summed E-state index contributed by atoms with van der Waals surface area (Å²) < 4.78 is 1.74. The van der Waals surface area contributed by atoms with Gasteiger partial charge in [-0.25, -0.2) is 9.88 Å². The van der Waals surface area contributed by atoms with Gasteiger partial charge in [-0.1, -0.05) is 54.2 Å². The zero-order chi connectivity index (χ0) is 24.1. The van der Waals surface area contributed by atoms with Crippen LogP contribution in [0.4, 0.5) is 11.4 Å². The number of amides is 2. The minimum atomic E-state index is -0.582. The number of imide groups is 1. The van der Waals surface area contributed by atoms with Crippen LogP contribution in [0.5, 0.6) is 0 Å². The molecule has 170 valence electrons. The average molecular weight is 498 g/mol. The van der Waals surface area contributed by atoms with E-state index < -0.39 is 16.7 Å². The van der Waals surface area contributed by atoms with E-state index in [4.69, 9.17) is 4.98 Å². The standard InChI is InChI=1S/C26H15N3O4S2/c30-24-20-10-8-18(29(32)33)12-21(20)25(31)28(24)17-9-11-22-23(13-17)35-26(27-22)34-14-16-6-3-5-15-4-1-2-7-19(15)16/h1-13H,14H2. The number of anilines is 1. The van der Waals surface area contributed by atoms with E-state index >= 15 is 0 Å². The molecule has 7 nitrogen and oxygen atoms in total. The molecule has 1 aromatic heterocycles. The molecule has 4 aromatic carbocycles. The van der Waals surface area contributed by atoms with E-state index in [-0.39, 0.29) is 16.8 Å². The summed E-state index contributed by atoms with van der Waals surface area (Å²) in [4.78, 5) is 42.1. The fraction of sp³-hybridized carbons (Fsp3) is 0.0385. The Labute approximate surface area is 207 Å². The van der Waals surface area contributed by atoms with Crippen LogP contribution in [0.2, 0.25) is 0 Å². The molecule has 0 aliphatic carbocycles. The number of thiazole rings is 1. The zero-order valence-corrected chi connectivity index (χ0v) is 19.6. The number of carbonyl (C=O) groups excluding carboxylic acids is 2. The fourth-order valence-corrected chi connectivity index (χ4v) is 6.33. The summed E-state index contributed by atoms with van der Waals surface area (Å²) in [5.41, 5.74) is 2.41. The van der Waals surface area contributed by atoms with Crippen LogP contribution >= 0.6 is 23.1 Å². The largest absolute Gasteiger partial charge is 0.270 e. The Hall–Kier alpha value is -4.08. The molecule has 0 N–H and O–H groups in total. The van der Waals surface area contributed by atoms with Gasteiger partial charge in [0.25, 0.3) is 17.5 Å². The van der Waals surface area contributed by atoms with E-state index in [9.17, 15) is 19.7 Å². The fourth-order valence-electron chi connectivity index (χ4n) is 4.23. The SMILES string of the molecule is O=C1c2ccc([N+](=O)[O-])cc2C(=O)N1c1ccc2nc(SCc3cccc4ccccc34)sc2c1. The van der Waals surface area contributed by atoms with E-state index in [1.165, 1.54) is 39.8 Å². The number of non-ortho nitro benzene ring substituents is 1. The van der Waals surface area contributed by atoms with Crippen LogP contribution in [-0.4, -0.2) is 21.7 Å². The number of benzene rings is 4. The van der Waals surface area contributed by atoms with E-state index in [2.05, 4.69) is 30.3 Å². The van der Waals surface area contributed by atoms with Gasteiger partial charge in [0, 0.05) is 17.9 Å². The van der Waals surface area contributed by atoms with Gasteiger partial charge >= 0.3 is 0 Å². The van der Waals surface area contributed by atoms with Crippen LogP contribution < -0.4 is 4.90 Å². The van der Waals surface area contributed by atoms with Crippen molar-refractivity contribution in [3.63, 3.8) is 0 Å². The van der Waals surface area contributed by atoms with Crippen LogP contribution in [-0.2, 0) is 5.75 Å². The highest BCUT2D eigenvalue weighted by Gasteiger charge is 2.38. The van der Waals surface area contributed by atoms with Crippen molar-refractivity contribution < 1.29 is 14.5 Å². The number of hydrogen-bond donors (Lipinski definition) is 0. The second-order valence-corrected chi connectivity index (χ2v) is 10.2. The number of hydrogen-bond acceptors (Lipinski definition) is 7. The van der Waals surface area contributed by atoms with Crippen molar-refractivity contribution >= 4 is 67.3 Å². The summed E-state index contributed by atoms with van der Waals surface area (Å²) in [6.07, 6.45) is 0. The molecule has 0 bridgehead atoms. The third-order valence-electron chi connectivity index (χ3n) is 5.92. The number of thioether (sulfide) groups is 1. The Bertz CT molecular complexity index is 1690. The lowest BCUT2D eigenvalue weighted by atomic mass is 10.1. The van der Waals surface area contributed by atoms with Crippen LogP contribution in [0, 0.1) is 10.1 Å². The van der Waals surface area contributed by atoms with Crippen molar-refractivity contribution in [3.8, 4) is 0 Å². The molecule has 1 aliphatic rings. The monoisotopic (exact) mass is 497 g/mol. The van der Waals surface area contributed by atoms with Gasteiger partial charge < -0.3 is 0 Å². The highest BCUT2D eigenvalue weighted by atomic mass is 32.2. The van der Waals surface area contributed by atoms with Gasteiger partial charge in [-0.2, -0.15) is 0 Å². The smallest absolute Gasteiger partial charge is 0.268 e. The number of rotatable bonds is 5.